The topological polar surface area (TPSA) is 133 Å². The van der Waals surface area contributed by atoms with Gasteiger partial charge in [0, 0.05) is 0 Å². The molecular weight excluding hydrogens is 142 g/mol. The highest BCUT2D eigenvalue weighted by atomic mass is 32.1. The minimum atomic E-state index is -0.718. The Morgan fingerprint density at radius 3 is 1.44 bits per heavy atom. The largest absolute Gasteiger partial charge is 0.377 e. The average Bonchev–Trinajstić information content (AvgIpc) is 1.65. The minimum absolute atomic E-state index is 0.000000000000000222. The van der Waals surface area contributed by atoms with Crippen LogP contribution < -0.4 is 28.5 Å². The summed E-state index contributed by atoms with van der Waals surface area (Å²) in [7, 11) is 0. The number of nitrogens with one attached hydrogen (secondary N) is 1. The van der Waals surface area contributed by atoms with Crippen LogP contribution in [-0.4, -0.2) is 11.1 Å². The Kier molecular flexibility index (Phi) is 8.32. The van der Waals surface area contributed by atoms with Crippen molar-refractivity contribution >= 4 is 23.4 Å². The van der Waals surface area contributed by atoms with E-state index >= 15 is 0 Å². The quantitative estimate of drug-likeness (QED) is 0.115. The van der Waals surface area contributed by atoms with Crippen LogP contribution in [0.2, 0.25) is 0 Å². The molecular formula is C2H9N5OS. The van der Waals surface area contributed by atoms with Gasteiger partial charge in [0.2, 0.25) is 0 Å². The lowest BCUT2D eigenvalue weighted by molar-refractivity contribution is 0.249. The van der Waals surface area contributed by atoms with Gasteiger partial charge in [-0.3, -0.25) is 5.43 Å². The number of amides is 2. The van der Waals surface area contributed by atoms with Crippen molar-refractivity contribution in [2.45, 2.75) is 0 Å². The number of primary amides is 1. The Labute approximate surface area is 57.5 Å². The second-order valence-corrected chi connectivity index (χ2v) is 1.38. The molecule has 0 heterocycles. The van der Waals surface area contributed by atoms with Crippen molar-refractivity contribution in [2.24, 2.45) is 23.0 Å². The maximum absolute atomic E-state index is 9.35. The molecule has 0 rings (SSSR count). The van der Waals surface area contributed by atoms with Crippen molar-refractivity contribution in [3.8, 4) is 0 Å². The van der Waals surface area contributed by atoms with E-state index in [1.165, 1.54) is 0 Å². The van der Waals surface area contributed by atoms with Crippen molar-refractivity contribution in [2.75, 3.05) is 0 Å². The van der Waals surface area contributed by atoms with E-state index in [-0.39, 0.29) is 5.11 Å². The summed E-state index contributed by atoms with van der Waals surface area (Å²) in [6, 6.07) is -0.718. The number of hydrogen-bond acceptors (Lipinski definition) is 3. The Balaban J connectivity index is 0. The predicted octanol–water partition coefficient (Wildman–Crippen LogP) is -2.28. The van der Waals surface area contributed by atoms with E-state index in [4.69, 9.17) is 0 Å². The first-order valence-corrected chi connectivity index (χ1v) is 2.22. The van der Waals surface area contributed by atoms with Crippen LogP contribution in [-0.2, 0) is 0 Å². The molecule has 0 aliphatic heterocycles. The molecule has 0 fully saturated rings. The fourth-order valence-corrected chi connectivity index (χ4v) is 0. The summed E-state index contributed by atoms with van der Waals surface area (Å²) in [5.41, 5.74) is 15.3. The molecule has 0 aromatic rings. The van der Waals surface area contributed by atoms with Crippen LogP contribution in [0.5, 0.6) is 0 Å². The number of thiocarbonyl (C=S) groups is 1. The highest BCUT2D eigenvalue weighted by Gasteiger charge is 1.73. The van der Waals surface area contributed by atoms with Gasteiger partial charge in [0.05, 0.1) is 0 Å². The molecule has 0 aromatic heterocycles. The molecule has 0 spiro atoms. The van der Waals surface area contributed by atoms with Gasteiger partial charge < -0.3 is 17.2 Å². The molecule has 6 nitrogen and oxygen atoms in total. The fourth-order valence-electron chi connectivity index (χ4n) is 0. The van der Waals surface area contributed by atoms with E-state index in [0.717, 1.165) is 0 Å². The number of hydrazine groups is 1. The fraction of sp³-hybridized carbons (Fsp3) is 0. The number of urea groups is 1. The lowest BCUT2D eigenvalue weighted by Gasteiger charge is -1.81. The van der Waals surface area contributed by atoms with E-state index in [0.29, 0.717) is 0 Å². The van der Waals surface area contributed by atoms with Gasteiger partial charge in [-0.05, 0) is 12.2 Å². The van der Waals surface area contributed by atoms with Gasteiger partial charge in [-0.2, -0.15) is 0 Å². The van der Waals surface area contributed by atoms with Crippen molar-refractivity contribution < 1.29 is 4.79 Å². The maximum Gasteiger partial charge on any atom is 0.326 e. The third-order valence-corrected chi connectivity index (χ3v) is 0.142. The first-order valence-electron chi connectivity index (χ1n) is 1.81. The zero-order chi connectivity index (χ0) is 7.86. The average molecular weight is 151 g/mol. The van der Waals surface area contributed by atoms with Gasteiger partial charge in [0.25, 0.3) is 0 Å². The molecule has 0 aliphatic carbocycles. The summed E-state index contributed by atoms with van der Waals surface area (Å²) in [5.74, 6) is 4.45. The molecule has 9 N–H and O–H groups in total. The van der Waals surface area contributed by atoms with Crippen LogP contribution in [0.3, 0.4) is 0 Å². The van der Waals surface area contributed by atoms with Crippen molar-refractivity contribution in [3.05, 3.63) is 0 Å². The van der Waals surface area contributed by atoms with E-state index in [1.807, 2.05) is 0 Å². The van der Waals surface area contributed by atoms with Crippen LogP contribution in [0, 0.1) is 0 Å². The summed E-state index contributed by atoms with van der Waals surface area (Å²) >= 11 is 4.09. The van der Waals surface area contributed by atoms with Gasteiger partial charge in [0.15, 0.2) is 5.11 Å². The van der Waals surface area contributed by atoms with Crippen molar-refractivity contribution in [1.29, 1.82) is 0 Å². The van der Waals surface area contributed by atoms with E-state index in [1.54, 1.807) is 5.43 Å². The number of hydrogen-bond donors (Lipinski definition) is 5. The van der Waals surface area contributed by atoms with Crippen LogP contribution in [0.15, 0.2) is 0 Å². The SMILES string of the molecule is NC(N)=S.NNC(N)=O. The lowest BCUT2D eigenvalue weighted by atomic mass is 11.2. The molecule has 0 saturated carbocycles. The van der Waals surface area contributed by atoms with Gasteiger partial charge in [0.1, 0.15) is 0 Å². The van der Waals surface area contributed by atoms with Crippen LogP contribution in [0.1, 0.15) is 0 Å². The van der Waals surface area contributed by atoms with E-state index in [2.05, 4.69) is 35.3 Å². The number of carbonyl (C=O) groups is 1. The lowest BCUT2D eigenvalue weighted by Crippen LogP contribution is -2.34. The molecule has 0 unspecified atom stereocenters. The van der Waals surface area contributed by atoms with Gasteiger partial charge in [-0.25, -0.2) is 10.6 Å². The normalized spacial score (nSPS) is 6.33. The second-order valence-electron chi connectivity index (χ2n) is 0.911. The summed E-state index contributed by atoms with van der Waals surface area (Å²) in [6.07, 6.45) is 0. The number of nitrogens with two attached hydrogens (primary N) is 4. The number of rotatable bonds is 0. The first-order chi connectivity index (χ1) is 4.00. The van der Waals surface area contributed by atoms with Crippen LogP contribution in [0.4, 0.5) is 4.79 Å². The summed E-state index contributed by atoms with van der Waals surface area (Å²) in [4.78, 5) is 9.35. The van der Waals surface area contributed by atoms with Gasteiger partial charge in [-0.15, -0.1) is 0 Å². The molecule has 0 bridgehead atoms. The Bertz CT molecular complexity index is 99.1. The third-order valence-electron chi connectivity index (χ3n) is 0.142. The molecule has 0 aromatic carbocycles. The van der Waals surface area contributed by atoms with Gasteiger partial charge in [-0.1, -0.05) is 0 Å². The first kappa shape index (κ1) is 10.8. The molecule has 0 atom stereocenters. The third kappa shape index (κ3) is 198. The Morgan fingerprint density at radius 1 is 1.33 bits per heavy atom. The van der Waals surface area contributed by atoms with Crippen molar-refractivity contribution in [1.82, 2.24) is 5.43 Å². The Hall–Kier alpha value is -1.08. The van der Waals surface area contributed by atoms with Gasteiger partial charge >= 0.3 is 6.03 Å². The molecule has 2 amide bonds. The minimum Gasteiger partial charge on any atom is -0.377 e. The van der Waals surface area contributed by atoms with Crippen LogP contribution in [0.25, 0.3) is 0 Å². The van der Waals surface area contributed by atoms with E-state index < -0.39 is 6.03 Å². The maximum atomic E-state index is 9.35. The molecule has 9 heavy (non-hydrogen) atoms. The summed E-state index contributed by atoms with van der Waals surface area (Å²) in [5, 5.41) is 0.000000000000000222. The molecule has 0 radical (unpaired) electrons. The summed E-state index contributed by atoms with van der Waals surface area (Å²) in [6.45, 7) is 0. The highest BCUT2D eigenvalue weighted by molar-refractivity contribution is 7.80. The zero-order valence-corrected chi connectivity index (χ0v) is 5.44. The highest BCUT2D eigenvalue weighted by Crippen LogP contribution is 1.34. The second kappa shape index (κ2) is 6.92. The Morgan fingerprint density at radius 2 is 1.44 bits per heavy atom. The zero-order valence-electron chi connectivity index (χ0n) is 4.63. The predicted molar refractivity (Wildman–Crippen MR) is 37.9 cm³/mol. The standard InChI is InChI=1S/CH5N3O.CH4N2S/c2-1(5)4-3;2-1(3)4/h3H2,(H3,2,4,5);(H4,2,3,4). The molecule has 0 saturated heterocycles. The molecule has 54 valence electrons. The smallest absolute Gasteiger partial charge is 0.326 e. The molecule has 7 heteroatoms. The van der Waals surface area contributed by atoms with Crippen LogP contribution >= 0.6 is 12.2 Å². The molecule has 0 aliphatic rings. The monoisotopic (exact) mass is 151 g/mol. The number of carbonyl (C=O) groups excluding carboxylic acids is 1. The van der Waals surface area contributed by atoms with E-state index in [9.17, 15) is 4.79 Å². The summed E-state index contributed by atoms with van der Waals surface area (Å²) < 4.78 is 0. The van der Waals surface area contributed by atoms with Crippen molar-refractivity contribution in [3.63, 3.8) is 0 Å².